The number of methoxy groups -OCH3 is 1. The predicted octanol–water partition coefficient (Wildman–Crippen LogP) is 3.86. The average molecular weight is 292 g/mol. The van der Waals surface area contributed by atoms with Gasteiger partial charge < -0.3 is 15.0 Å². The second-order valence-corrected chi connectivity index (χ2v) is 5.97. The lowest BCUT2D eigenvalue weighted by atomic mass is 10.0. The van der Waals surface area contributed by atoms with Crippen molar-refractivity contribution in [3.8, 4) is 5.75 Å². The van der Waals surface area contributed by atoms with Crippen LogP contribution in [0.25, 0.3) is 0 Å². The summed E-state index contributed by atoms with van der Waals surface area (Å²) in [6.07, 6.45) is 3.59. The van der Waals surface area contributed by atoms with E-state index in [-0.39, 0.29) is 0 Å². The Morgan fingerprint density at radius 2 is 1.81 bits per heavy atom. The lowest BCUT2D eigenvalue weighted by Gasteiger charge is -2.21. The molecule has 1 unspecified atom stereocenters. The van der Waals surface area contributed by atoms with E-state index in [0.717, 1.165) is 18.7 Å². The minimum absolute atomic E-state index is 0.443. The van der Waals surface area contributed by atoms with Gasteiger partial charge in [-0.2, -0.15) is 0 Å². The number of unbranched alkanes of at least 4 members (excludes halogenated alkanes) is 1. The summed E-state index contributed by atoms with van der Waals surface area (Å²) in [6, 6.07) is 9.48. The summed E-state index contributed by atoms with van der Waals surface area (Å²) in [5, 5.41) is 3.67. The molecular formula is C18H32N2O. The van der Waals surface area contributed by atoms with Crippen LogP contribution in [0.2, 0.25) is 0 Å². The summed E-state index contributed by atoms with van der Waals surface area (Å²) in [5.74, 6) is 0.922. The molecule has 3 nitrogen and oxygen atoms in total. The van der Waals surface area contributed by atoms with Gasteiger partial charge in [-0.1, -0.05) is 19.1 Å². The van der Waals surface area contributed by atoms with Crippen LogP contribution in [-0.4, -0.2) is 38.2 Å². The Morgan fingerprint density at radius 3 is 2.33 bits per heavy atom. The molecule has 1 aromatic carbocycles. The molecule has 120 valence electrons. The van der Waals surface area contributed by atoms with Crippen molar-refractivity contribution in [2.75, 3.05) is 27.2 Å². The van der Waals surface area contributed by atoms with Gasteiger partial charge in [0.25, 0.3) is 0 Å². The molecule has 1 aromatic rings. The molecule has 21 heavy (non-hydrogen) atoms. The van der Waals surface area contributed by atoms with Crippen LogP contribution in [0.3, 0.4) is 0 Å². The highest BCUT2D eigenvalue weighted by molar-refractivity contribution is 5.29. The molecule has 0 aliphatic rings. The number of ether oxygens (including phenoxy) is 1. The van der Waals surface area contributed by atoms with Crippen LogP contribution in [0.5, 0.6) is 5.75 Å². The fraction of sp³-hybridized carbons (Fsp3) is 0.667. The number of hydrogen-bond acceptors (Lipinski definition) is 3. The van der Waals surface area contributed by atoms with Crippen molar-refractivity contribution in [2.45, 2.75) is 52.1 Å². The van der Waals surface area contributed by atoms with Gasteiger partial charge in [0.2, 0.25) is 0 Å². The fourth-order valence-corrected chi connectivity index (χ4v) is 2.35. The highest BCUT2D eigenvalue weighted by atomic mass is 16.5. The van der Waals surface area contributed by atoms with Gasteiger partial charge in [0, 0.05) is 12.1 Å². The minimum Gasteiger partial charge on any atom is -0.497 e. The fourth-order valence-electron chi connectivity index (χ4n) is 2.35. The summed E-state index contributed by atoms with van der Waals surface area (Å²) in [4.78, 5) is 2.40. The van der Waals surface area contributed by atoms with E-state index in [9.17, 15) is 0 Å². The van der Waals surface area contributed by atoms with E-state index in [1.807, 2.05) is 12.1 Å². The summed E-state index contributed by atoms with van der Waals surface area (Å²) >= 11 is 0. The number of rotatable bonds is 10. The van der Waals surface area contributed by atoms with E-state index in [1.54, 1.807) is 7.11 Å². The molecule has 3 heteroatoms. The SMILES string of the molecule is CCC(NCCCCN(C)C(C)C)c1ccc(OC)cc1. The quantitative estimate of drug-likeness (QED) is 0.663. The molecule has 0 radical (unpaired) electrons. The van der Waals surface area contributed by atoms with Crippen LogP contribution < -0.4 is 10.1 Å². The third-order valence-electron chi connectivity index (χ3n) is 4.14. The largest absolute Gasteiger partial charge is 0.497 e. The Labute approximate surface area is 130 Å². The van der Waals surface area contributed by atoms with Gasteiger partial charge in [-0.3, -0.25) is 0 Å². The van der Waals surface area contributed by atoms with E-state index in [1.165, 1.54) is 24.9 Å². The van der Waals surface area contributed by atoms with Crippen LogP contribution in [-0.2, 0) is 0 Å². The van der Waals surface area contributed by atoms with Crippen LogP contribution in [0.1, 0.15) is 51.6 Å². The molecule has 0 fully saturated rings. The molecule has 0 saturated carbocycles. The van der Waals surface area contributed by atoms with Gasteiger partial charge in [0.15, 0.2) is 0 Å². The summed E-state index contributed by atoms with van der Waals surface area (Å²) in [7, 11) is 3.91. The topological polar surface area (TPSA) is 24.5 Å². The molecule has 0 aromatic heterocycles. The maximum Gasteiger partial charge on any atom is 0.118 e. The van der Waals surface area contributed by atoms with Crippen molar-refractivity contribution in [1.29, 1.82) is 0 Å². The number of nitrogens with one attached hydrogen (secondary N) is 1. The Balaban J connectivity index is 2.30. The number of benzene rings is 1. The Morgan fingerprint density at radius 1 is 1.14 bits per heavy atom. The maximum atomic E-state index is 5.21. The molecule has 0 heterocycles. The first kappa shape index (κ1) is 18.0. The first-order valence-electron chi connectivity index (χ1n) is 8.16. The van der Waals surface area contributed by atoms with E-state index in [2.05, 4.69) is 50.2 Å². The molecule has 0 bridgehead atoms. The van der Waals surface area contributed by atoms with Crippen molar-refractivity contribution in [1.82, 2.24) is 10.2 Å². The van der Waals surface area contributed by atoms with Gasteiger partial charge >= 0.3 is 0 Å². The molecular weight excluding hydrogens is 260 g/mol. The summed E-state index contributed by atoms with van der Waals surface area (Å²) in [6.45, 7) is 8.98. The highest BCUT2D eigenvalue weighted by Crippen LogP contribution is 2.20. The van der Waals surface area contributed by atoms with Crippen molar-refractivity contribution in [3.63, 3.8) is 0 Å². The van der Waals surface area contributed by atoms with E-state index in [4.69, 9.17) is 4.74 Å². The minimum atomic E-state index is 0.443. The second kappa shape index (κ2) is 9.80. The van der Waals surface area contributed by atoms with Crippen LogP contribution in [0.4, 0.5) is 0 Å². The summed E-state index contributed by atoms with van der Waals surface area (Å²) in [5.41, 5.74) is 1.34. The first-order chi connectivity index (χ1) is 10.1. The standard InChI is InChI=1S/C18H32N2O/c1-6-18(16-9-11-17(21-5)12-10-16)19-13-7-8-14-20(4)15(2)3/h9-12,15,18-19H,6-8,13-14H2,1-5H3. The summed E-state index contributed by atoms with van der Waals surface area (Å²) < 4.78 is 5.21. The molecule has 0 spiro atoms. The average Bonchev–Trinajstić information content (AvgIpc) is 2.50. The first-order valence-corrected chi connectivity index (χ1v) is 8.16. The molecule has 1 rings (SSSR count). The van der Waals surface area contributed by atoms with Gasteiger partial charge in [-0.05, 0) is 70.9 Å². The van der Waals surface area contributed by atoms with Gasteiger partial charge in [0.1, 0.15) is 5.75 Å². The maximum absolute atomic E-state index is 5.21. The van der Waals surface area contributed by atoms with E-state index < -0.39 is 0 Å². The van der Waals surface area contributed by atoms with Gasteiger partial charge in [-0.25, -0.2) is 0 Å². The Bertz CT molecular complexity index is 375. The number of nitrogens with zero attached hydrogens (tertiary/aromatic N) is 1. The Kier molecular flexibility index (Phi) is 8.40. The van der Waals surface area contributed by atoms with E-state index >= 15 is 0 Å². The second-order valence-electron chi connectivity index (χ2n) is 5.97. The predicted molar refractivity (Wildman–Crippen MR) is 91.0 cm³/mol. The molecule has 0 amide bonds. The van der Waals surface area contributed by atoms with Crippen molar-refractivity contribution in [3.05, 3.63) is 29.8 Å². The smallest absolute Gasteiger partial charge is 0.118 e. The zero-order valence-electron chi connectivity index (χ0n) is 14.4. The van der Waals surface area contributed by atoms with Gasteiger partial charge in [0.05, 0.1) is 7.11 Å². The van der Waals surface area contributed by atoms with Gasteiger partial charge in [-0.15, -0.1) is 0 Å². The van der Waals surface area contributed by atoms with Crippen molar-refractivity contribution >= 4 is 0 Å². The molecule has 0 aliphatic heterocycles. The Hall–Kier alpha value is -1.06. The molecule has 0 aliphatic carbocycles. The van der Waals surface area contributed by atoms with E-state index in [0.29, 0.717) is 12.1 Å². The highest BCUT2D eigenvalue weighted by Gasteiger charge is 2.08. The third-order valence-corrected chi connectivity index (χ3v) is 4.14. The monoisotopic (exact) mass is 292 g/mol. The molecule has 1 atom stereocenters. The third kappa shape index (κ3) is 6.49. The zero-order chi connectivity index (χ0) is 15.7. The lowest BCUT2D eigenvalue weighted by molar-refractivity contribution is 0.267. The lowest BCUT2D eigenvalue weighted by Crippen LogP contribution is -2.28. The van der Waals surface area contributed by atoms with Crippen LogP contribution in [0.15, 0.2) is 24.3 Å². The molecule has 0 saturated heterocycles. The van der Waals surface area contributed by atoms with Crippen LogP contribution in [0, 0.1) is 0 Å². The van der Waals surface area contributed by atoms with Crippen molar-refractivity contribution < 1.29 is 4.74 Å². The number of hydrogen-bond donors (Lipinski definition) is 1. The normalized spacial score (nSPS) is 12.9. The molecule has 1 N–H and O–H groups in total. The van der Waals surface area contributed by atoms with Crippen LogP contribution >= 0.6 is 0 Å². The van der Waals surface area contributed by atoms with Crippen molar-refractivity contribution in [2.24, 2.45) is 0 Å². The zero-order valence-corrected chi connectivity index (χ0v) is 14.4.